The van der Waals surface area contributed by atoms with Crippen LogP contribution in [0.25, 0.3) is 0 Å². The zero-order valence-electron chi connectivity index (χ0n) is 11.4. The van der Waals surface area contributed by atoms with E-state index in [-0.39, 0.29) is 0 Å². The summed E-state index contributed by atoms with van der Waals surface area (Å²) < 4.78 is 19.4. The Morgan fingerprint density at radius 3 is 2.28 bits per heavy atom. The van der Waals surface area contributed by atoms with Crippen LogP contribution in [0.3, 0.4) is 0 Å². The van der Waals surface area contributed by atoms with Gasteiger partial charge in [-0.05, 0) is 37.6 Å². The average molecular weight is 269 g/mol. The third-order valence-electron chi connectivity index (χ3n) is 2.67. The topological polar surface area (TPSA) is 58.7 Å². The third kappa shape index (κ3) is 3.23. The fourth-order valence-electron chi connectivity index (χ4n) is 1.83. The van der Waals surface area contributed by atoms with Gasteiger partial charge in [0.2, 0.25) is 0 Å². The predicted octanol–water partition coefficient (Wildman–Crippen LogP) is 2.76. The largest absolute Gasteiger partial charge is 0.399 e. The summed E-state index contributed by atoms with van der Waals surface area (Å²) in [6, 6.07) is 7.18. The first-order chi connectivity index (χ1) is 8.58. The van der Waals surface area contributed by atoms with Crippen molar-refractivity contribution in [2.24, 2.45) is 4.36 Å². The van der Waals surface area contributed by atoms with Gasteiger partial charge in [0.15, 0.2) is 0 Å². The Bertz CT molecular complexity index is 476. The summed E-state index contributed by atoms with van der Waals surface area (Å²) in [5.41, 5.74) is 6.35. The van der Waals surface area contributed by atoms with Gasteiger partial charge in [-0.15, -0.1) is 0 Å². The minimum atomic E-state index is -2.48. The van der Waals surface area contributed by atoms with Crippen LogP contribution in [0.15, 0.2) is 33.5 Å². The quantitative estimate of drug-likeness (QED) is 0.807. The first-order valence-corrected chi connectivity index (χ1v) is 7.89. The molecule has 0 saturated carbocycles. The number of anilines is 1. The zero-order valence-corrected chi connectivity index (χ0v) is 12.2. The van der Waals surface area contributed by atoms with Crippen LogP contribution in [0.4, 0.5) is 5.69 Å². The molecule has 0 spiro atoms. The number of hydrogen-bond donors (Lipinski definition) is 1. The third-order valence-corrected chi connectivity index (χ3v) is 5.30. The van der Waals surface area contributed by atoms with Crippen LogP contribution >= 0.6 is 0 Å². The molecule has 102 valence electrons. The van der Waals surface area contributed by atoms with E-state index < -0.39 is 9.92 Å². The molecule has 2 N–H and O–H groups in total. The van der Waals surface area contributed by atoms with Crippen LogP contribution in [0.5, 0.6) is 0 Å². The number of rotatable bonds is 6. The Morgan fingerprint density at radius 1 is 1.22 bits per heavy atom. The Balaban J connectivity index is 3.27. The van der Waals surface area contributed by atoms with Gasteiger partial charge in [-0.1, -0.05) is 13.8 Å². The summed E-state index contributed by atoms with van der Waals surface area (Å²) in [7, 11) is -2.48. The lowest BCUT2D eigenvalue weighted by molar-refractivity contribution is 0.457. The predicted molar refractivity (Wildman–Crippen MR) is 77.8 cm³/mol. The smallest absolute Gasteiger partial charge is 0.139 e. The van der Waals surface area contributed by atoms with E-state index in [4.69, 9.17) is 5.73 Å². The lowest BCUT2D eigenvalue weighted by Crippen LogP contribution is -2.31. The van der Waals surface area contributed by atoms with Crippen molar-refractivity contribution < 1.29 is 4.21 Å². The molecule has 1 rings (SSSR count). The summed E-state index contributed by atoms with van der Waals surface area (Å²) in [4.78, 5) is 0.744. The maximum atomic E-state index is 13.1. The molecule has 0 aromatic heterocycles. The minimum absolute atomic E-state index is 0.545. The monoisotopic (exact) mass is 269 g/mol. The molecular weight excluding hydrogens is 246 g/mol. The van der Waals surface area contributed by atoms with E-state index in [0.717, 1.165) is 24.4 Å². The van der Waals surface area contributed by atoms with Crippen molar-refractivity contribution in [1.82, 2.24) is 4.31 Å². The molecule has 0 aliphatic rings. The van der Waals surface area contributed by atoms with Crippen molar-refractivity contribution in [3.05, 3.63) is 24.3 Å². The van der Waals surface area contributed by atoms with E-state index in [0.29, 0.717) is 12.2 Å². The second-order valence-electron chi connectivity index (χ2n) is 4.03. The highest BCUT2D eigenvalue weighted by atomic mass is 32.2. The number of benzene rings is 1. The summed E-state index contributed by atoms with van der Waals surface area (Å²) in [5.74, 6) is 0. The van der Waals surface area contributed by atoms with Gasteiger partial charge in [-0.3, -0.25) is 0 Å². The van der Waals surface area contributed by atoms with Crippen LogP contribution in [-0.2, 0) is 9.92 Å². The second-order valence-corrected chi connectivity index (χ2v) is 6.27. The van der Waals surface area contributed by atoms with Crippen LogP contribution < -0.4 is 5.73 Å². The molecule has 1 atom stereocenters. The molecule has 0 bridgehead atoms. The average Bonchev–Trinajstić information content (AvgIpc) is 2.36. The molecule has 0 aliphatic carbocycles. The molecule has 0 amide bonds. The molecule has 0 aliphatic heterocycles. The molecule has 5 heteroatoms. The van der Waals surface area contributed by atoms with Gasteiger partial charge in [0.1, 0.15) is 9.92 Å². The summed E-state index contributed by atoms with van der Waals surface area (Å²) in [6.07, 6.45) is 0.957. The normalized spacial score (nSPS) is 14.4. The molecule has 0 radical (unpaired) electrons. The van der Waals surface area contributed by atoms with Crippen molar-refractivity contribution in [1.29, 1.82) is 0 Å². The maximum Gasteiger partial charge on any atom is 0.139 e. The molecular formula is C13H23N3OS. The van der Waals surface area contributed by atoms with Gasteiger partial charge < -0.3 is 5.73 Å². The summed E-state index contributed by atoms with van der Waals surface area (Å²) in [5, 5.41) is 0. The number of nitrogen functional groups attached to an aromatic ring is 1. The first-order valence-electron chi connectivity index (χ1n) is 6.42. The van der Waals surface area contributed by atoms with Crippen molar-refractivity contribution >= 4 is 15.6 Å². The Labute approximate surface area is 110 Å². The van der Waals surface area contributed by atoms with Gasteiger partial charge in [0, 0.05) is 25.3 Å². The number of hydrogen-bond acceptors (Lipinski definition) is 3. The second kappa shape index (κ2) is 6.75. The van der Waals surface area contributed by atoms with Crippen molar-refractivity contribution in [2.45, 2.75) is 32.1 Å². The molecule has 1 unspecified atom stereocenters. The minimum Gasteiger partial charge on any atom is -0.399 e. The van der Waals surface area contributed by atoms with E-state index in [9.17, 15) is 4.21 Å². The zero-order chi connectivity index (χ0) is 13.6. The van der Waals surface area contributed by atoms with Gasteiger partial charge >= 0.3 is 0 Å². The highest BCUT2D eigenvalue weighted by Crippen LogP contribution is 2.20. The molecule has 18 heavy (non-hydrogen) atoms. The molecule has 0 fully saturated rings. The van der Waals surface area contributed by atoms with Crippen LogP contribution in [-0.4, -0.2) is 28.1 Å². The SMILES string of the molecule is CCCN(CC)S(=O)(=NCC)c1ccc(N)cc1. The van der Waals surface area contributed by atoms with Crippen LogP contribution in [0.2, 0.25) is 0 Å². The number of nitrogens with zero attached hydrogens (tertiary/aromatic N) is 2. The van der Waals surface area contributed by atoms with Gasteiger partial charge in [-0.2, -0.15) is 0 Å². The van der Waals surface area contributed by atoms with E-state index >= 15 is 0 Å². The molecule has 1 aromatic carbocycles. The van der Waals surface area contributed by atoms with Crippen LogP contribution in [0, 0.1) is 0 Å². The Kier molecular flexibility index (Phi) is 5.62. The molecule has 1 aromatic rings. The molecule has 0 saturated heterocycles. The van der Waals surface area contributed by atoms with E-state index in [1.54, 1.807) is 12.1 Å². The van der Waals surface area contributed by atoms with Crippen molar-refractivity contribution in [2.75, 3.05) is 25.4 Å². The molecule has 4 nitrogen and oxygen atoms in total. The molecule has 0 heterocycles. The van der Waals surface area contributed by atoms with E-state index in [1.807, 2.05) is 30.3 Å². The maximum absolute atomic E-state index is 13.1. The van der Waals surface area contributed by atoms with Gasteiger partial charge in [0.25, 0.3) is 0 Å². The lowest BCUT2D eigenvalue weighted by Gasteiger charge is -2.24. The highest BCUT2D eigenvalue weighted by Gasteiger charge is 2.19. The van der Waals surface area contributed by atoms with E-state index in [1.165, 1.54) is 0 Å². The summed E-state index contributed by atoms with van der Waals surface area (Å²) in [6.45, 7) is 8.05. The first kappa shape index (κ1) is 15.0. The fourth-order valence-corrected chi connectivity index (χ4v) is 4.06. The van der Waals surface area contributed by atoms with E-state index in [2.05, 4.69) is 11.3 Å². The summed E-state index contributed by atoms with van der Waals surface area (Å²) >= 11 is 0. The number of nitrogens with two attached hydrogens (primary N) is 1. The van der Waals surface area contributed by atoms with Crippen molar-refractivity contribution in [3.8, 4) is 0 Å². The highest BCUT2D eigenvalue weighted by molar-refractivity contribution is 7.91. The lowest BCUT2D eigenvalue weighted by atomic mass is 10.3. The van der Waals surface area contributed by atoms with Gasteiger partial charge in [-0.25, -0.2) is 12.9 Å². The van der Waals surface area contributed by atoms with Crippen molar-refractivity contribution in [3.63, 3.8) is 0 Å². The fraction of sp³-hybridized carbons (Fsp3) is 0.538. The standard InChI is InChI=1S/C13H23N3OS/c1-4-11-16(6-3)18(17,15-5-2)13-9-7-12(14)8-10-13/h7-10H,4-6,11,14H2,1-3H3. The van der Waals surface area contributed by atoms with Gasteiger partial charge in [0.05, 0.1) is 4.90 Å². The Hall–Kier alpha value is -1.07. The van der Waals surface area contributed by atoms with Crippen LogP contribution in [0.1, 0.15) is 27.2 Å². The Morgan fingerprint density at radius 2 is 1.83 bits per heavy atom.